The van der Waals surface area contributed by atoms with Crippen molar-refractivity contribution in [1.82, 2.24) is 5.43 Å². The van der Waals surface area contributed by atoms with E-state index in [4.69, 9.17) is 4.74 Å². The highest BCUT2D eigenvalue weighted by molar-refractivity contribution is 5.97. The quantitative estimate of drug-likeness (QED) is 0.425. The lowest BCUT2D eigenvalue weighted by molar-refractivity contribution is -0.117. The highest BCUT2D eigenvalue weighted by Gasteiger charge is 2.29. The second-order valence-corrected chi connectivity index (χ2v) is 7.38. The minimum atomic E-state index is -0.320. The summed E-state index contributed by atoms with van der Waals surface area (Å²) in [5, 5.41) is 6.86. The van der Waals surface area contributed by atoms with Gasteiger partial charge < -0.3 is 10.1 Å². The number of hydrazone groups is 1. The topological polar surface area (TPSA) is 79.8 Å². The van der Waals surface area contributed by atoms with Crippen molar-refractivity contribution in [2.24, 2.45) is 11.0 Å². The van der Waals surface area contributed by atoms with E-state index in [-0.39, 0.29) is 17.7 Å². The Kier molecular flexibility index (Phi) is 6.38. The Labute approximate surface area is 180 Å². The zero-order valence-electron chi connectivity index (χ0n) is 17.0. The molecular weight excluding hydrogens is 390 g/mol. The molecule has 0 heterocycles. The molecule has 0 saturated heterocycles. The highest BCUT2D eigenvalue weighted by atomic mass is 16.5. The summed E-state index contributed by atoms with van der Waals surface area (Å²) in [5.74, 6) is 0.623. The molecule has 1 aliphatic rings. The Hall–Kier alpha value is -3.93. The van der Waals surface area contributed by atoms with Crippen LogP contribution in [0.2, 0.25) is 0 Å². The Bertz CT molecular complexity index is 1060. The van der Waals surface area contributed by atoms with Crippen molar-refractivity contribution in [2.75, 3.05) is 5.32 Å². The number of rotatable bonds is 8. The molecule has 4 rings (SSSR count). The fourth-order valence-corrected chi connectivity index (χ4v) is 2.92. The van der Waals surface area contributed by atoms with Crippen LogP contribution in [0.1, 0.15) is 34.3 Å². The first kappa shape index (κ1) is 20.3. The summed E-state index contributed by atoms with van der Waals surface area (Å²) in [6, 6.07) is 24.2. The number of benzene rings is 3. The number of amides is 2. The molecule has 2 N–H and O–H groups in total. The third-order valence-electron chi connectivity index (χ3n) is 4.87. The van der Waals surface area contributed by atoms with Gasteiger partial charge in [0.2, 0.25) is 5.91 Å². The number of ether oxygens (including phenoxy) is 1. The fourth-order valence-electron chi connectivity index (χ4n) is 2.92. The Morgan fingerprint density at radius 1 is 0.935 bits per heavy atom. The van der Waals surface area contributed by atoms with Gasteiger partial charge in [0.25, 0.3) is 5.91 Å². The molecule has 31 heavy (non-hydrogen) atoms. The molecule has 0 atom stereocenters. The first-order valence-corrected chi connectivity index (χ1v) is 10.2. The van der Waals surface area contributed by atoms with Crippen LogP contribution in [-0.4, -0.2) is 18.0 Å². The van der Waals surface area contributed by atoms with E-state index in [0.29, 0.717) is 17.9 Å². The maximum absolute atomic E-state index is 12.2. The molecule has 0 radical (unpaired) electrons. The van der Waals surface area contributed by atoms with Gasteiger partial charge in [-0.25, -0.2) is 5.43 Å². The van der Waals surface area contributed by atoms with E-state index in [0.717, 1.165) is 29.7 Å². The zero-order chi connectivity index (χ0) is 21.5. The minimum Gasteiger partial charge on any atom is -0.489 e. The van der Waals surface area contributed by atoms with Gasteiger partial charge >= 0.3 is 0 Å². The van der Waals surface area contributed by atoms with E-state index >= 15 is 0 Å². The molecule has 0 spiro atoms. The third-order valence-corrected chi connectivity index (χ3v) is 4.87. The molecule has 156 valence electrons. The third kappa shape index (κ3) is 6.02. The van der Waals surface area contributed by atoms with E-state index in [1.807, 2.05) is 54.6 Å². The molecule has 0 bridgehead atoms. The Morgan fingerprint density at radius 2 is 1.65 bits per heavy atom. The molecule has 3 aromatic rings. The van der Waals surface area contributed by atoms with Crippen LogP contribution in [0.4, 0.5) is 5.69 Å². The lowest BCUT2D eigenvalue weighted by Gasteiger charge is -2.06. The first-order chi connectivity index (χ1) is 15.2. The van der Waals surface area contributed by atoms with E-state index in [9.17, 15) is 9.59 Å². The number of hydrogen-bond acceptors (Lipinski definition) is 4. The van der Waals surface area contributed by atoms with Gasteiger partial charge in [-0.15, -0.1) is 0 Å². The van der Waals surface area contributed by atoms with Crippen LogP contribution in [-0.2, 0) is 11.4 Å². The van der Waals surface area contributed by atoms with Crippen LogP contribution in [0.3, 0.4) is 0 Å². The van der Waals surface area contributed by atoms with Crippen molar-refractivity contribution in [3.63, 3.8) is 0 Å². The van der Waals surface area contributed by atoms with Gasteiger partial charge in [-0.05, 0) is 72.5 Å². The molecule has 1 saturated carbocycles. The van der Waals surface area contributed by atoms with Crippen molar-refractivity contribution in [3.05, 3.63) is 95.6 Å². The summed E-state index contributed by atoms with van der Waals surface area (Å²) in [4.78, 5) is 24.0. The molecule has 0 unspecified atom stereocenters. The summed E-state index contributed by atoms with van der Waals surface area (Å²) in [6.07, 6.45) is 3.48. The smallest absolute Gasteiger partial charge is 0.271 e. The molecule has 6 nitrogen and oxygen atoms in total. The number of nitrogens with zero attached hydrogens (tertiary/aromatic N) is 1. The van der Waals surface area contributed by atoms with Crippen LogP contribution in [0.25, 0.3) is 0 Å². The second kappa shape index (κ2) is 9.71. The monoisotopic (exact) mass is 413 g/mol. The summed E-state index contributed by atoms with van der Waals surface area (Å²) < 4.78 is 5.76. The molecule has 0 aliphatic heterocycles. The molecule has 0 aromatic heterocycles. The van der Waals surface area contributed by atoms with Gasteiger partial charge in [-0.3, -0.25) is 9.59 Å². The lowest BCUT2D eigenvalue weighted by atomic mass is 10.2. The average Bonchev–Trinajstić information content (AvgIpc) is 3.65. The van der Waals surface area contributed by atoms with Crippen molar-refractivity contribution in [3.8, 4) is 5.75 Å². The SMILES string of the molecule is O=C(N/N=C/c1ccc(OCc2ccccc2)cc1)c1ccc(NC(=O)C2CC2)cc1. The van der Waals surface area contributed by atoms with Gasteiger partial charge in [0.1, 0.15) is 12.4 Å². The highest BCUT2D eigenvalue weighted by Crippen LogP contribution is 2.30. The Balaban J connectivity index is 1.24. The van der Waals surface area contributed by atoms with Gasteiger partial charge in [0, 0.05) is 17.2 Å². The van der Waals surface area contributed by atoms with Gasteiger partial charge in [0.15, 0.2) is 0 Å². The van der Waals surface area contributed by atoms with Crippen LogP contribution >= 0.6 is 0 Å². The number of carbonyl (C=O) groups excluding carboxylic acids is 2. The van der Waals surface area contributed by atoms with E-state index < -0.39 is 0 Å². The fraction of sp³-hybridized carbons (Fsp3) is 0.160. The molecular formula is C25H23N3O3. The second-order valence-electron chi connectivity index (χ2n) is 7.38. The predicted octanol–water partition coefficient (Wildman–Crippen LogP) is 4.38. The number of anilines is 1. The first-order valence-electron chi connectivity index (χ1n) is 10.2. The minimum absolute atomic E-state index is 0.0401. The lowest BCUT2D eigenvalue weighted by Crippen LogP contribution is -2.18. The summed E-state index contributed by atoms with van der Waals surface area (Å²) >= 11 is 0. The number of hydrogen-bond donors (Lipinski definition) is 2. The Morgan fingerprint density at radius 3 is 2.32 bits per heavy atom. The standard InChI is InChI=1S/C25H23N3O3/c29-24(20-8-9-20)27-22-12-10-21(11-13-22)25(30)28-26-16-18-6-14-23(15-7-18)31-17-19-4-2-1-3-5-19/h1-7,10-16,20H,8-9,17H2,(H,27,29)(H,28,30)/b26-16+. The van der Waals surface area contributed by atoms with Crippen molar-refractivity contribution >= 4 is 23.7 Å². The number of nitrogens with one attached hydrogen (secondary N) is 2. The largest absolute Gasteiger partial charge is 0.489 e. The normalized spacial score (nSPS) is 13.0. The van der Waals surface area contributed by atoms with E-state index in [2.05, 4.69) is 15.8 Å². The summed E-state index contributed by atoms with van der Waals surface area (Å²) in [7, 11) is 0. The van der Waals surface area contributed by atoms with Gasteiger partial charge in [0.05, 0.1) is 6.21 Å². The maximum Gasteiger partial charge on any atom is 0.271 e. The van der Waals surface area contributed by atoms with E-state index in [1.54, 1.807) is 30.5 Å². The van der Waals surface area contributed by atoms with E-state index in [1.165, 1.54) is 0 Å². The summed E-state index contributed by atoms with van der Waals surface area (Å²) in [5.41, 5.74) is 5.60. The van der Waals surface area contributed by atoms with Crippen LogP contribution in [0.15, 0.2) is 84.0 Å². The molecule has 2 amide bonds. The van der Waals surface area contributed by atoms with Crippen molar-refractivity contribution < 1.29 is 14.3 Å². The van der Waals surface area contributed by atoms with Crippen molar-refractivity contribution in [2.45, 2.75) is 19.4 Å². The molecule has 6 heteroatoms. The van der Waals surface area contributed by atoms with Crippen LogP contribution < -0.4 is 15.5 Å². The van der Waals surface area contributed by atoms with Gasteiger partial charge in [-0.1, -0.05) is 30.3 Å². The molecule has 1 fully saturated rings. The van der Waals surface area contributed by atoms with Gasteiger partial charge in [-0.2, -0.15) is 5.10 Å². The van der Waals surface area contributed by atoms with Crippen LogP contribution in [0, 0.1) is 5.92 Å². The predicted molar refractivity (Wildman–Crippen MR) is 120 cm³/mol. The van der Waals surface area contributed by atoms with Crippen molar-refractivity contribution in [1.29, 1.82) is 0 Å². The zero-order valence-corrected chi connectivity index (χ0v) is 17.0. The molecule has 1 aliphatic carbocycles. The molecule has 3 aromatic carbocycles. The average molecular weight is 413 g/mol. The maximum atomic E-state index is 12.2. The summed E-state index contributed by atoms with van der Waals surface area (Å²) in [6.45, 7) is 0.507. The van der Waals surface area contributed by atoms with Crippen LogP contribution in [0.5, 0.6) is 5.75 Å². The number of carbonyl (C=O) groups is 2.